The van der Waals surface area contributed by atoms with E-state index in [9.17, 15) is 5.26 Å². The molecule has 0 aromatic heterocycles. The molecule has 0 amide bonds. The molecule has 0 aliphatic rings. The molecule has 0 bridgehead atoms. The van der Waals surface area contributed by atoms with Crippen molar-refractivity contribution < 1.29 is 4.74 Å². The Bertz CT molecular complexity index is 730. The second-order valence-corrected chi connectivity index (χ2v) is 6.87. The van der Waals surface area contributed by atoms with Gasteiger partial charge in [-0.15, -0.1) is 0 Å². The van der Waals surface area contributed by atoms with Gasteiger partial charge in [-0.05, 0) is 51.8 Å². The topological polar surface area (TPSA) is 33.0 Å². The highest BCUT2D eigenvalue weighted by molar-refractivity contribution is 9.11. The van der Waals surface area contributed by atoms with Crippen LogP contribution in [-0.2, 0) is 0 Å². The maximum absolute atomic E-state index is 9.42. The average molecular weight is 472 g/mol. The lowest BCUT2D eigenvalue weighted by molar-refractivity contribution is 0.411. The van der Waals surface area contributed by atoms with Crippen LogP contribution in [0.5, 0.6) is 5.75 Å². The Labute approximate surface area is 148 Å². The Hall–Kier alpha value is -1.09. The number of nitrogens with zero attached hydrogens (tertiary/aromatic N) is 1. The summed E-state index contributed by atoms with van der Waals surface area (Å²) in [6, 6.07) is 13.7. The smallest absolute Gasteiger partial charge is 0.140 e. The minimum Gasteiger partial charge on any atom is -0.495 e. The Kier molecular flexibility index (Phi) is 5.63. The van der Waals surface area contributed by atoms with Crippen LogP contribution < -0.4 is 4.74 Å². The molecule has 2 nitrogen and oxygen atoms in total. The molecule has 21 heavy (non-hydrogen) atoms. The van der Waals surface area contributed by atoms with E-state index in [1.54, 1.807) is 7.11 Å². The van der Waals surface area contributed by atoms with Crippen LogP contribution >= 0.6 is 47.8 Å². The first-order valence-corrected chi connectivity index (χ1v) is 8.34. The molecule has 0 aliphatic carbocycles. The number of allylic oxidation sites excluding steroid dienone is 1. The van der Waals surface area contributed by atoms with E-state index >= 15 is 0 Å². The van der Waals surface area contributed by atoms with Gasteiger partial charge in [-0.2, -0.15) is 5.26 Å². The number of rotatable bonds is 3. The zero-order valence-electron chi connectivity index (χ0n) is 11.0. The normalized spacial score (nSPS) is 11.1. The van der Waals surface area contributed by atoms with Gasteiger partial charge in [-0.3, -0.25) is 0 Å². The summed E-state index contributed by atoms with van der Waals surface area (Å²) in [7, 11) is 1.61. The van der Waals surface area contributed by atoms with Crippen molar-refractivity contribution in [2.45, 2.75) is 0 Å². The van der Waals surface area contributed by atoms with E-state index in [4.69, 9.17) is 4.74 Å². The SMILES string of the molecule is COc1c(Br)cc(Br)cc1/C=C(\C#N)c1ccc(Br)cc1. The monoisotopic (exact) mass is 469 g/mol. The van der Waals surface area contributed by atoms with Gasteiger partial charge in [0, 0.05) is 14.5 Å². The van der Waals surface area contributed by atoms with Crippen molar-refractivity contribution >= 4 is 59.4 Å². The van der Waals surface area contributed by atoms with Crippen LogP contribution in [0.2, 0.25) is 0 Å². The summed E-state index contributed by atoms with van der Waals surface area (Å²) in [4.78, 5) is 0. The van der Waals surface area contributed by atoms with E-state index in [2.05, 4.69) is 53.9 Å². The number of benzene rings is 2. The first-order valence-electron chi connectivity index (χ1n) is 5.96. The first kappa shape index (κ1) is 16.3. The van der Waals surface area contributed by atoms with E-state index in [1.165, 1.54) is 0 Å². The van der Waals surface area contributed by atoms with Gasteiger partial charge in [-0.1, -0.05) is 44.0 Å². The zero-order chi connectivity index (χ0) is 15.4. The van der Waals surface area contributed by atoms with Crippen LogP contribution in [-0.4, -0.2) is 7.11 Å². The maximum atomic E-state index is 9.42. The van der Waals surface area contributed by atoms with E-state index in [0.717, 1.165) is 24.5 Å². The minimum absolute atomic E-state index is 0.575. The highest BCUT2D eigenvalue weighted by Crippen LogP contribution is 2.35. The summed E-state index contributed by atoms with van der Waals surface area (Å²) in [6.45, 7) is 0. The van der Waals surface area contributed by atoms with Gasteiger partial charge < -0.3 is 4.74 Å². The molecule has 0 atom stereocenters. The number of hydrogen-bond acceptors (Lipinski definition) is 2. The maximum Gasteiger partial charge on any atom is 0.140 e. The predicted molar refractivity (Wildman–Crippen MR) is 96.0 cm³/mol. The van der Waals surface area contributed by atoms with Gasteiger partial charge in [0.1, 0.15) is 5.75 Å². The van der Waals surface area contributed by atoms with Gasteiger partial charge >= 0.3 is 0 Å². The van der Waals surface area contributed by atoms with Gasteiger partial charge in [0.25, 0.3) is 0 Å². The zero-order valence-corrected chi connectivity index (χ0v) is 15.8. The Morgan fingerprint density at radius 2 is 1.76 bits per heavy atom. The van der Waals surface area contributed by atoms with Crippen molar-refractivity contribution in [3.63, 3.8) is 0 Å². The van der Waals surface area contributed by atoms with Crippen LogP contribution in [0.15, 0.2) is 49.8 Å². The largest absolute Gasteiger partial charge is 0.495 e. The predicted octanol–water partition coefficient (Wildman–Crippen LogP) is 6.05. The van der Waals surface area contributed by atoms with Crippen molar-refractivity contribution in [1.82, 2.24) is 0 Å². The number of methoxy groups -OCH3 is 1. The molecule has 0 spiro atoms. The molecular formula is C16H10Br3NO. The van der Waals surface area contributed by atoms with Gasteiger partial charge in [0.2, 0.25) is 0 Å². The van der Waals surface area contributed by atoms with Crippen LogP contribution in [0, 0.1) is 11.3 Å². The lowest BCUT2D eigenvalue weighted by Crippen LogP contribution is -1.90. The molecule has 0 saturated heterocycles. The molecule has 106 valence electrons. The van der Waals surface area contributed by atoms with Crippen LogP contribution in [0.3, 0.4) is 0 Å². The summed E-state index contributed by atoms with van der Waals surface area (Å²) in [5, 5.41) is 9.42. The van der Waals surface area contributed by atoms with Crippen LogP contribution in [0.25, 0.3) is 11.6 Å². The van der Waals surface area contributed by atoms with Gasteiger partial charge in [-0.25, -0.2) is 0 Å². The summed E-state index contributed by atoms with van der Waals surface area (Å²) >= 11 is 10.3. The van der Waals surface area contributed by atoms with Crippen LogP contribution in [0.4, 0.5) is 0 Å². The number of hydrogen-bond donors (Lipinski definition) is 0. The standard InChI is InChI=1S/C16H10Br3NO/c1-21-16-11(7-14(18)8-15(16)19)6-12(9-20)10-2-4-13(17)5-3-10/h2-8H,1H3/b12-6+. The fourth-order valence-corrected chi connectivity index (χ4v) is 3.55. The summed E-state index contributed by atoms with van der Waals surface area (Å²) in [5.41, 5.74) is 2.27. The third-order valence-corrected chi connectivity index (χ3v) is 4.39. The molecule has 2 rings (SSSR count). The fourth-order valence-electron chi connectivity index (χ4n) is 1.87. The van der Waals surface area contributed by atoms with Crippen molar-refractivity contribution in [2.24, 2.45) is 0 Å². The summed E-state index contributed by atoms with van der Waals surface area (Å²) < 4.78 is 8.12. The quantitative estimate of drug-likeness (QED) is 0.403. The Morgan fingerprint density at radius 3 is 2.33 bits per heavy atom. The van der Waals surface area contributed by atoms with Gasteiger partial charge in [0.15, 0.2) is 0 Å². The lowest BCUT2D eigenvalue weighted by Gasteiger charge is -2.09. The Morgan fingerprint density at radius 1 is 1.10 bits per heavy atom. The first-order chi connectivity index (χ1) is 10.0. The molecule has 0 unspecified atom stereocenters. The molecular weight excluding hydrogens is 462 g/mol. The van der Waals surface area contributed by atoms with E-state index < -0.39 is 0 Å². The molecule has 0 N–H and O–H groups in total. The number of halogens is 3. The lowest BCUT2D eigenvalue weighted by atomic mass is 10.0. The number of nitriles is 1. The molecule has 5 heteroatoms. The molecule has 0 saturated carbocycles. The van der Waals surface area contributed by atoms with E-state index in [1.807, 2.05) is 42.5 Å². The van der Waals surface area contributed by atoms with Crippen LogP contribution in [0.1, 0.15) is 11.1 Å². The second kappa shape index (κ2) is 7.26. The molecule has 2 aromatic carbocycles. The summed E-state index contributed by atoms with van der Waals surface area (Å²) in [5.74, 6) is 0.697. The molecule has 2 aromatic rings. The second-order valence-electron chi connectivity index (χ2n) is 4.19. The van der Waals surface area contributed by atoms with E-state index in [0.29, 0.717) is 11.3 Å². The third-order valence-electron chi connectivity index (χ3n) is 2.82. The molecule has 0 aliphatic heterocycles. The highest BCUT2D eigenvalue weighted by Gasteiger charge is 2.09. The van der Waals surface area contributed by atoms with Crippen molar-refractivity contribution in [3.8, 4) is 11.8 Å². The fraction of sp³-hybridized carbons (Fsp3) is 0.0625. The third kappa shape index (κ3) is 3.97. The average Bonchev–Trinajstić information content (AvgIpc) is 2.45. The molecule has 0 heterocycles. The minimum atomic E-state index is 0.575. The molecule has 0 radical (unpaired) electrons. The van der Waals surface area contributed by atoms with Crippen molar-refractivity contribution in [3.05, 3.63) is 60.9 Å². The van der Waals surface area contributed by atoms with E-state index in [-0.39, 0.29) is 0 Å². The summed E-state index contributed by atoms with van der Waals surface area (Å²) in [6.07, 6.45) is 1.82. The Balaban J connectivity index is 2.55. The van der Waals surface area contributed by atoms with Crippen molar-refractivity contribution in [1.29, 1.82) is 5.26 Å². The van der Waals surface area contributed by atoms with Crippen molar-refractivity contribution in [2.75, 3.05) is 7.11 Å². The highest BCUT2D eigenvalue weighted by atomic mass is 79.9. The number of ether oxygens (including phenoxy) is 1. The van der Waals surface area contributed by atoms with Gasteiger partial charge in [0.05, 0.1) is 23.2 Å². The molecule has 0 fully saturated rings.